The number of nitrogens with one attached hydrogen (secondary N) is 1. The highest BCUT2D eigenvalue weighted by molar-refractivity contribution is 5.81. The van der Waals surface area contributed by atoms with Crippen molar-refractivity contribution in [1.29, 1.82) is 0 Å². The predicted molar refractivity (Wildman–Crippen MR) is 75.0 cm³/mol. The fourth-order valence-corrected chi connectivity index (χ4v) is 1.53. The van der Waals surface area contributed by atoms with Crippen LogP contribution in [0.2, 0.25) is 0 Å². The van der Waals surface area contributed by atoms with E-state index in [2.05, 4.69) is 15.5 Å². The number of hydrogen-bond donors (Lipinski definition) is 1. The van der Waals surface area contributed by atoms with Gasteiger partial charge in [-0.15, -0.1) is 0 Å². The number of pyridine rings is 1. The highest BCUT2D eigenvalue weighted by atomic mass is 16.5. The van der Waals surface area contributed by atoms with E-state index in [1.54, 1.807) is 26.6 Å². The lowest BCUT2D eigenvalue weighted by Gasteiger charge is -2.07. The van der Waals surface area contributed by atoms with Crippen molar-refractivity contribution in [3.8, 4) is 11.5 Å². The maximum atomic E-state index is 5.22. The predicted octanol–water partition coefficient (Wildman–Crippen LogP) is 2.54. The summed E-state index contributed by atoms with van der Waals surface area (Å²) in [4.78, 5) is 4.10. The van der Waals surface area contributed by atoms with Gasteiger partial charge in [0, 0.05) is 6.20 Å². The third-order valence-electron chi connectivity index (χ3n) is 2.47. The van der Waals surface area contributed by atoms with Crippen molar-refractivity contribution in [3.63, 3.8) is 0 Å². The van der Waals surface area contributed by atoms with Crippen molar-refractivity contribution >= 4 is 12.0 Å². The molecule has 0 aliphatic carbocycles. The van der Waals surface area contributed by atoms with Gasteiger partial charge in [-0.1, -0.05) is 6.07 Å². The van der Waals surface area contributed by atoms with Gasteiger partial charge >= 0.3 is 0 Å². The van der Waals surface area contributed by atoms with Gasteiger partial charge in [-0.3, -0.25) is 5.43 Å². The summed E-state index contributed by atoms with van der Waals surface area (Å²) in [5.41, 5.74) is 3.75. The average Bonchev–Trinajstić information content (AvgIpc) is 2.48. The molecule has 2 aromatic rings. The Bertz CT molecular complexity index is 556. The molecule has 0 saturated heterocycles. The largest absolute Gasteiger partial charge is 0.493 e. The topological polar surface area (TPSA) is 55.7 Å². The van der Waals surface area contributed by atoms with E-state index in [0.29, 0.717) is 17.3 Å². The molecule has 0 spiro atoms. The van der Waals surface area contributed by atoms with E-state index in [0.717, 1.165) is 5.56 Å². The van der Waals surface area contributed by atoms with Crippen LogP contribution in [0, 0.1) is 0 Å². The summed E-state index contributed by atoms with van der Waals surface area (Å²) in [6, 6.07) is 11.2. The fourth-order valence-electron chi connectivity index (χ4n) is 1.53. The van der Waals surface area contributed by atoms with E-state index in [1.165, 1.54) is 0 Å². The Morgan fingerprint density at radius 3 is 2.63 bits per heavy atom. The number of rotatable bonds is 5. The first-order chi connectivity index (χ1) is 9.33. The second-order valence-electron chi connectivity index (χ2n) is 3.70. The SMILES string of the molecule is COc1ccc(/C=N/Nc2ccccn2)cc1OC. The number of benzene rings is 1. The number of methoxy groups -OCH3 is 2. The molecule has 0 fully saturated rings. The Kier molecular flexibility index (Phi) is 4.34. The monoisotopic (exact) mass is 257 g/mol. The molecule has 98 valence electrons. The molecule has 0 radical (unpaired) electrons. The first-order valence-electron chi connectivity index (χ1n) is 5.75. The van der Waals surface area contributed by atoms with Crippen LogP contribution in [0.5, 0.6) is 11.5 Å². The molecule has 2 rings (SSSR count). The highest BCUT2D eigenvalue weighted by Gasteiger charge is 2.02. The summed E-state index contributed by atoms with van der Waals surface area (Å²) in [5.74, 6) is 2.06. The molecule has 0 saturated carbocycles. The van der Waals surface area contributed by atoms with Crippen molar-refractivity contribution in [1.82, 2.24) is 4.98 Å². The molecule has 0 unspecified atom stereocenters. The van der Waals surface area contributed by atoms with E-state index >= 15 is 0 Å². The zero-order valence-electron chi connectivity index (χ0n) is 10.8. The summed E-state index contributed by atoms with van der Waals surface area (Å²) < 4.78 is 10.4. The molecular weight excluding hydrogens is 242 g/mol. The zero-order chi connectivity index (χ0) is 13.5. The normalized spacial score (nSPS) is 10.4. The third kappa shape index (κ3) is 3.45. The summed E-state index contributed by atoms with van der Waals surface area (Å²) >= 11 is 0. The Balaban J connectivity index is 2.07. The molecule has 0 amide bonds. The Morgan fingerprint density at radius 2 is 1.95 bits per heavy atom. The minimum absolute atomic E-state index is 0.671. The van der Waals surface area contributed by atoms with Crippen LogP contribution >= 0.6 is 0 Å². The molecule has 19 heavy (non-hydrogen) atoms. The van der Waals surface area contributed by atoms with Gasteiger partial charge in [0.05, 0.1) is 20.4 Å². The molecule has 0 aliphatic rings. The van der Waals surface area contributed by atoms with E-state index < -0.39 is 0 Å². The molecular formula is C14H15N3O2. The smallest absolute Gasteiger partial charge is 0.161 e. The van der Waals surface area contributed by atoms with E-state index in [9.17, 15) is 0 Å². The van der Waals surface area contributed by atoms with Crippen LogP contribution in [0.1, 0.15) is 5.56 Å². The Labute approximate surface area is 111 Å². The first kappa shape index (κ1) is 12.9. The van der Waals surface area contributed by atoms with Crippen LogP contribution in [0.25, 0.3) is 0 Å². The lowest BCUT2D eigenvalue weighted by atomic mass is 10.2. The van der Waals surface area contributed by atoms with Gasteiger partial charge in [0.2, 0.25) is 0 Å². The third-order valence-corrected chi connectivity index (χ3v) is 2.47. The lowest BCUT2D eigenvalue weighted by molar-refractivity contribution is 0.355. The number of hydrogen-bond acceptors (Lipinski definition) is 5. The van der Waals surface area contributed by atoms with Crippen LogP contribution < -0.4 is 14.9 Å². The molecule has 1 N–H and O–H groups in total. The summed E-state index contributed by atoms with van der Waals surface area (Å²) in [6.07, 6.45) is 3.39. The molecule has 5 nitrogen and oxygen atoms in total. The average molecular weight is 257 g/mol. The quantitative estimate of drug-likeness (QED) is 0.660. The fraction of sp³-hybridized carbons (Fsp3) is 0.143. The van der Waals surface area contributed by atoms with Gasteiger partial charge in [0.15, 0.2) is 11.5 Å². The van der Waals surface area contributed by atoms with Gasteiger partial charge in [0.25, 0.3) is 0 Å². The van der Waals surface area contributed by atoms with Crippen molar-refractivity contribution in [2.24, 2.45) is 5.10 Å². The van der Waals surface area contributed by atoms with Crippen LogP contribution in [0.4, 0.5) is 5.82 Å². The number of hydrazone groups is 1. The summed E-state index contributed by atoms with van der Waals surface area (Å²) in [7, 11) is 3.21. The van der Waals surface area contributed by atoms with Crippen LogP contribution in [-0.2, 0) is 0 Å². The Hall–Kier alpha value is -2.56. The van der Waals surface area contributed by atoms with Gasteiger partial charge < -0.3 is 9.47 Å². The molecule has 1 aromatic carbocycles. The van der Waals surface area contributed by atoms with Gasteiger partial charge in [-0.2, -0.15) is 5.10 Å². The van der Waals surface area contributed by atoms with E-state index in [1.807, 2.05) is 36.4 Å². The molecule has 0 atom stereocenters. The van der Waals surface area contributed by atoms with Crippen LogP contribution in [0.3, 0.4) is 0 Å². The summed E-state index contributed by atoms with van der Waals surface area (Å²) in [6.45, 7) is 0. The second kappa shape index (κ2) is 6.39. The van der Waals surface area contributed by atoms with Crippen molar-refractivity contribution in [2.45, 2.75) is 0 Å². The van der Waals surface area contributed by atoms with Gasteiger partial charge in [0.1, 0.15) is 5.82 Å². The number of anilines is 1. The van der Waals surface area contributed by atoms with Gasteiger partial charge in [-0.05, 0) is 35.9 Å². The van der Waals surface area contributed by atoms with Crippen molar-refractivity contribution in [3.05, 3.63) is 48.2 Å². The molecule has 1 aromatic heterocycles. The summed E-state index contributed by atoms with van der Waals surface area (Å²) in [5, 5.41) is 4.11. The van der Waals surface area contributed by atoms with Crippen molar-refractivity contribution in [2.75, 3.05) is 19.6 Å². The number of nitrogens with zero attached hydrogens (tertiary/aromatic N) is 2. The molecule has 0 aliphatic heterocycles. The highest BCUT2D eigenvalue weighted by Crippen LogP contribution is 2.26. The van der Waals surface area contributed by atoms with E-state index in [-0.39, 0.29) is 0 Å². The lowest BCUT2D eigenvalue weighted by Crippen LogP contribution is -1.94. The van der Waals surface area contributed by atoms with Crippen molar-refractivity contribution < 1.29 is 9.47 Å². The second-order valence-corrected chi connectivity index (χ2v) is 3.70. The van der Waals surface area contributed by atoms with Crippen LogP contribution in [0.15, 0.2) is 47.7 Å². The molecule has 1 heterocycles. The first-order valence-corrected chi connectivity index (χ1v) is 5.75. The minimum Gasteiger partial charge on any atom is -0.493 e. The molecule has 5 heteroatoms. The van der Waals surface area contributed by atoms with E-state index in [4.69, 9.17) is 9.47 Å². The molecule has 0 bridgehead atoms. The Morgan fingerprint density at radius 1 is 1.11 bits per heavy atom. The minimum atomic E-state index is 0.671. The standard InChI is InChI=1S/C14H15N3O2/c1-18-12-7-6-11(9-13(12)19-2)10-16-17-14-5-3-4-8-15-14/h3-10H,1-2H3,(H,15,17)/b16-10+. The zero-order valence-corrected chi connectivity index (χ0v) is 10.8. The number of aromatic nitrogens is 1. The maximum Gasteiger partial charge on any atom is 0.161 e. The number of ether oxygens (including phenoxy) is 2. The van der Waals surface area contributed by atoms with Gasteiger partial charge in [-0.25, -0.2) is 4.98 Å². The maximum absolute atomic E-state index is 5.22. The van der Waals surface area contributed by atoms with Crippen LogP contribution in [-0.4, -0.2) is 25.4 Å².